The molecule has 1 atom stereocenters. The smallest absolute Gasteiger partial charge is 0.270 e. The van der Waals surface area contributed by atoms with Gasteiger partial charge in [-0.15, -0.1) is 0 Å². The minimum Gasteiger partial charge on any atom is -0.341 e. The zero-order valence-electron chi connectivity index (χ0n) is 18.7. The Morgan fingerprint density at radius 1 is 0.853 bits per heavy atom. The van der Waals surface area contributed by atoms with Gasteiger partial charge in [0, 0.05) is 17.7 Å². The van der Waals surface area contributed by atoms with E-state index in [4.69, 9.17) is 0 Å². The van der Waals surface area contributed by atoms with Crippen LogP contribution in [0.4, 0.5) is 5.69 Å². The van der Waals surface area contributed by atoms with Crippen LogP contribution in [-0.4, -0.2) is 10.8 Å². The maximum Gasteiger partial charge on any atom is 0.270 e. The topological polar surface area (TPSA) is 72.2 Å². The summed E-state index contributed by atoms with van der Waals surface area (Å²) in [6, 6.07) is 33.0. The highest BCUT2D eigenvalue weighted by Gasteiger charge is 2.21. The summed E-state index contributed by atoms with van der Waals surface area (Å²) in [7, 11) is 0. The number of hydrogen-bond donors (Lipinski definition) is 1. The van der Waals surface area contributed by atoms with E-state index in [1.165, 1.54) is 12.1 Å². The first-order valence-electron chi connectivity index (χ1n) is 11.0. The third kappa shape index (κ3) is 5.27. The first kappa shape index (κ1) is 22.7. The third-order valence-electron chi connectivity index (χ3n) is 5.63. The number of rotatable bonds is 7. The van der Waals surface area contributed by atoms with E-state index < -0.39 is 4.92 Å². The second-order valence-corrected chi connectivity index (χ2v) is 7.95. The fourth-order valence-corrected chi connectivity index (χ4v) is 3.90. The molecule has 1 amide bonds. The Balaban J connectivity index is 1.77. The van der Waals surface area contributed by atoms with E-state index in [9.17, 15) is 14.9 Å². The molecular formula is C29H24N2O3. The van der Waals surface area contributed by atoms with Crippen LogP contribution in [0.15, 0.2) is 109 Å². The summed E-state index contributed by atoms with van der Waals surface area (Å²) < 4.78 is 0. The fraction of sp³-hybridized carbons (Fsp3) is 0.0690. The normalized spacial score (nSPS) is 12.1. The van der Waals surface area contributed by atoms with E-state index in [2.05, 4.69) is 5.32 Å². The Morgan fingerprint density at radius 3 is 2.18 bits per heavy atom. The van der Waals surface area contributed by atoms with Gasteiger partial charge in [-0.3, -0.25) is 14.9 Å². The van der Waals surface area contributed by atoms with Crippen molar-refractivity contribution in [2.45, 2.75) is 13.0 Å². The Kier molecular flexibility index (Phi) is 6.94. The lowest BCUT2D eigenvalue weighted by Gasteiger charge is -2.22. The molecule has 4 aromatic rings. The van der Waals surface area contributed by atoms with Gasteiger partial charge in [0.1, 0.15) is 0 Å². The van der Waals surface area contributed by atoms with Crippen molar-refractivity contribution in [1.82, 2.24) is 5.32 Å². The monoisotopic (exact) mass is 448 g/mol. The predicted octanol–water partition coefficient (Wildman–Crippen LogP) is 6.35. The number of non-ortho nitro benzene ring substituents is 1. The number of hydrogen-bond acceptors (Lipinski definition) is 3. The van der Waals surface area contributed by atoms with Gasteiger partial charge in [0.25, 0.3) is 11.6 Å². The van der Waals surface area contributed by atoms with Gasteiger partial charge >= 0.3 is 0 Å². The molecule has 0 aliphatic carbocycles. The van der Waals surface area contributed by atoms with E-state index >= 15 is 0 Å². The largest absolute Gasteiger partial charge is 0.341 e. The van der Waals surface area contributed by atoms with Crippen molar-refractivity contribution in [2.24, 2.45) is 0 Å². The summed E-state index contributed by atoms with van der Waals surface area (Å²) in [5.41, 5.74) is 4.75. The van der Waals surface area contributed by atoms with Crippen LogP contribution in [0, 0.1) is 17.0 Å². The van der Waals surface area contributed by atoms with Crippen molar-refractivity contribution in [1.29, 1.82) is 0 Å². The highest BCUT2D eigenvalue weighted by atomic mass is 16.6. The number of benzene rings is 4. The van der Waals surface area contributed by atoms with Crippen molar-refractivity contribution in [2.75, 3.05) is 0 Å². The van der Waals surface area contributed by atoms with Gasteiger partial charge in [-0.2, -0.15) is 0 Å². The van der Waals surface area contributed by atoms with Crippen LogP contribution in [0.1, 0.15) is 33.9 Å². The molecule has 0 unspecified atom stereocenters. The van der Waals surface area contributed by atoms with Crippen LogP contribution < -0.4 is 5.32 Å². The first-order chi connectivity index (χ1) is 16.5. The van der Waals surface area contributed by atoms with Crippen molar-refractivity contribution in [3.8, 4) is 0 Å². The molecule has 5 heteroatoms. The molecule has 34 heavy (non-hydrogen) atoms. The number of carbonyl (C=O) groups is 1. The lowest BCUT2D eigenvalue weighted by atomic mass is 9.94. The maximum atomic E-state index is 13.7. The fourth-order valence-electron chi connectivity index (χ4n) is 3.90. The number of amides is 1. The van der Waals surface area contributed by atoms with E-state index in [0.29, 0.717) is 11.1 Å². The van der Waals surface area contributed by atoms with Crippen molar-refractivity contribution >= 4 is 23.2 Å². The van der Waals surface area contributed by atoms with E-state index in [1.54, 1.807) is 18.2 Å². The number of nitrogens with zero attached hydrogens (tertiary/aromatic N) is 1. The minimum atomic E-state index is -0.441. The van der Waals surface area contributed by atoms with Gasteiger partial charge < -0.3 is 5.32 Å². The maximum absolute atomic E-state index is 13.7. The second kappa shape index (κ2) is 10.4. The molecule has 0 bridgehead atoms. The summed E-state index contributed by atoms with van der Waals surface area (Å²) in [6.45, 7) is 2.02. The number of nitrogens with one attached hydrogen (secondary N) is 1. The van der Waals surface area contributed by atoms with Crippen molar-refractivity contribution in [3.63, 3.8) is 0 Å². The molecule has 0 heterocycles. The summed E-state index contributed by atoms with van der Waals surface area (Å²) in [6.07, 6.45) is 1.69. The highest BCUT2D eigenvalue weighted by molar-refractivity contribution is 6.24. The molecule has 0 aliphatic rings. The molecule has 0 fully saturated rings. The third-order valence-corrected chi connectivity index (χ3v) is 5.63. The molecule has 168 valence electrons. The number of carbonyl (C=O) groups excluding carboxylic acids is 1. The zero-order chi connectivity index (χ0) is 23.9. The summed E-state index contributed by atoms with van der Waals surface area (Å²) in [5, 5.41) is 14.4. The molecule has 0 aliphatic heterocycles. The first-order valence-corrected chi connectivity index (χ1v) is 11.0. The SMILES string of the molecule is Cc1ccccc1[C@@H](NC(=O)/C(=C/c1cccc([N+](=O)[O-])c1)c1ccccc1)c1ccccc1. The number of nitro groups is 1. The average Bonchev–Trinajstić information content (AvgIpc) is 2.87. The van der Waals surface area contributed by atoms with Gasteiger partial charge in [-0.05, 0) is 40.8 Å². The Morgan fingerprint density at radius 2 is 1.50 bits per heavy atom. The van der Waals surface area contributed by atoms with Crippen LogP contribution in [0.5, 0.6) is 0 Å². The molecular weight excluding hydrogens is 424 g/mol. The van der Waals surface area contributed by atoms with Gasteiger partial charge in [0.05, 0.1) is 11.0 Å². The number of nitro benzene ring substituents is 1. The van der Waals surface area contributed by atoms with E-state index in [1.807, 2.05) is 91.9 Å². The van der Waals surface area contributed by atoms with Gasteiger partial charge in [0.2, 0.25) is 0 Å². The Bertz CT molecular complexity index is 1330. The lowest BCUT2D eigenvalue weighted by Crippen LogP contribution is -2.30. The summed E-state index contributed by atoms with van der Waals surface area (Å²) in [5.74, 6) is -0.269. The molecule has 0 saturated heterocycles. The standard InChI is InChI=1S/C29H24N2O3/c1-21-11-8-9-18-26(21)28(24-15-6-3-7-16-24)30-29(32)27(23-13-4-2-5-14-23)20-22-12-10-17-25(19-22)31(33)34/h2-20,28H,1H3,(H,30,32)/b27-20+/t28-/m0/s1. The van der Waals surface area contributed by atoms with E-state index in [0.717, 1.165) is 22.3 Å². The van der Waals surface area contributed by atoms with Gasteiger partial charge in [0.15, 0.2) is 0 Å². The number of aryl methyl sites for hydroxylation is 1. The quantitative estimate of drug-likeness (QED) is 0.155. The van der Waals surface area contributed by atoms with Crippen LogP contribution in [0.2, 0.25) is 0 Å². The molecule has 1 N–H and O–H groups in total. The van der Waals surface area contributed by atoms with Crippen molar-refractivity contribution in [3.05, 3.63) is 147 Å². The van der Waals surface area contributed by atoms with E-state index in [-0.39, 0.29) is 17.6 Å². The summed E-state index contributed by atoms with van der Waals surface area (Å²) in [4.78, 5) is 24.5. The highest BCUT2D eigenvalue weighted by Crippen LogP contribution is 2.27. The molecule has 4 rings (SSSR count). The zero-order valence-corrected chi connectivity index (χ0v) is 18.7. The molecule has 4 aromatic carbocycles. The van der Waals surface area contributed by atoms with Gasteiger partial charge in [-0.25, -0.2) is 0 Å². The molecule has 0 aromatic heterocycles. The molecule has 0 spiro atoms. The van der Waals surface area contributed by atoms with Crippen LogP contribution in [0.25, 0.3) is 11.6 Å². The average molecular weight is 449 g/mol. The van der Waals surface area contributed by atoms with Gasteiger partial charge in [-0.1, -0.05) is 97.1 Å². The van der Waals surface area contributed by atoms with Crippen LogP contribution >= 0.6 is 0 Å². The molecule has 5 nitrogen and oxygen atoms in total. The molecule has 0 radical (unpaired) electrons. The Labute approximate surface area is 198 Å². The lowest BCUT2D eigenvalue weighted by molar-refractivity contribution is -0.384. The summed E-state index contributed by atoms with van der Waals surface area (Å²) >= 11 is 0. The van der Waals surface area contributed by atoms with Crippen LogP contribution in [0.3, 0.4) is 0 Å². The predicted molar refractivity (Wildman–Crippen MR) is 135 cm³/mol. The van der Waals surface area contributed by atoms with Crippen LogP contribution in [-0.2, 0) is 4.79 Å². The molecule has 0 saturated carbocycles. The van der Waals surface area contributed by atoms with Crippen molar-refractivity contribution < 1.29 is 9.72 Å². The second-order valence-electron chi connectivity index (χ2n) is 7.95. The Hall–Kier alpha value is -4.51. The minimum absolute atomic E-state index is 0.0244.